The zero-order valence-electron chi connectivity index (χ0n) is 38.4. The molecule has 0 bridgehead atoms. The summed E-state index contributed by atoms with van der Waals surface area (Å²) in [5.41, 5.74) is 4.85. The van der Waals surface area contributed by atoms with Crippen LogP contribution < -0.4 is 15.2 Å². The molecule has 0 spiro atoms. The number of methoxy groups -OCH3 is 2. The molecule has 2 aliphatic rings. The number of fused-ring (bicyclic) bond motifs is 3. The van der Waals surface area contributed by atoms with Gasteiger partial charge in [0.05, 0.1) is 21.0 Å². The van der Waals surface area contributed by atoms with Gasteiger partial charge in [-0.3, -0.25) is 9.69 Å². The minimum Gasteiger partial charge on any atom is -0.493 e. The van der Waals surface area contributed by atoms with Gasteiger partial charge < -0.3 is 19.9 Å². The summed E-state index contributed by atoms with van der Waals surface area (Å²) >= 11 is 0. The van der Waals surface area contributed by atoms with E-state index in [1.54, 1.807) is 0 Å². The van der Waals surface area contributed by atoms with Crippen LogP contribution in [0.1, 0.15) is 87.6 Å². The van der Waals surface area contributed by atoms with Crippen molar-refractivity contribution >= 4 is 5.97 Å². The monoisotopic (exact) mass is 440 g/mol. The van der Waals surface area contributed by atoms with Crippen LogP contribution in [0.3, 0.4) is 0 Å². The number of piperidine rings is 1. The molecule has 2 heterocycles. The fourth-order valence-corrected chi connectivity index (χ4v) is 3.38. The number of carbonyl (C=O) groups is 1. The van der Waals surface area contributed by atoms with E-state index in [-0.39, 0.29) is 11.3 Å². The summed E-state index contributed by atoms with van der Waals surface area (Å²) < 4.78 is 195. The van der Waals surface area contributed by atoms with E-state index < -0.39 is 113 Å². The van der Waals surface area contributed by atoms with Crippen molar-refractivity contribution in [3.8, 4) is 11.5 Å². The molecule has 2 N–H and O–H groups in total. The summed E-state index contributed by atoms with van der Waals surface area (Å²) in [4.78, 5) is 14.4. The molecular formula is C24H38N2O4. The maximum atomic E-state index is 13.7. The van der Waals surface area contributed by atoms with Gasteiger partial charge >= 0.3 is 5.97 Å². The third kappa shape index (κ3) is 4.75. The van der Waals surface area contributed by atoms with Crippen molar-refractivity contribution in [2.45, 2.75) is 64.8 Å². The molecule has 0 radical (unpaired) electrons. The average Bonchev–Trinajstić information content (AvgIpc) is 2.92. The minimum atomic E-state index is -4.14. The molecular weight excluding hydrogens is 380 g/mol. The molecule has 4 unspecified atom stereocenters. The second-order valence-electron chi connectivity index (χ2n) is 6.77. The summed E-state index contributed by atoms with van der Waals surface area (Å²) in [5, 5.41) is 0. The van der Waals surface area contributed by atoms with Gasteiger partial charge in [0.1, 0.15) is 12.1 Å². The van der Waals surface area contributed by atoms with Crippen LogP contribution in [-0.4, -0.2) is 50.2 Å². The number of carbonyl (C=O) groups excluding carboxylic acids is 1. The van der Waals surface area contributed by atoms with Crippen LogP contribution in [0.5, 0.6) is 11.5 Å². The maximum Gasteiger partial charge on any atom is 0.323 e. The molecule has 1 aromatic carbocycles. The summed E-state index contributed by atoms with van der Waals surface area (Å²) in [6.07, 6.45) is -11.1. The standard InChI is InChI=1S/C24H38N2O4/c1-14(2)9-17-13-26-8-7-16-10-21(28-5)22(29-6)11-18(16)19(26)12-20(17)30-24(27)23(25)15(3)4/h10-11,14-15,17,19-20,23H,7-9,12-13,25H2,1-6H3/t17?,19?,20?,23-/m0/s1/i1D3,3D3,4D3,5D3,7D2,8D2,9D2,14D,15D,20D,23D/t14?,17?,19?,20?,23-. The third-order valence-electron chi connectivity index (χ3n) is 4.78. The highest BCUT2D eigenvalue weighted by Crippen LogP contribution is 2.44. The predicted molar refractivity (Wildman–Crippen MR) is 118 cm³/mol. The van der Waals surface area contributed by atoms with Gasteiger partial charge in [-0.2, -0.15) is 0 Å². The largest absolute Gasteiger partial charge is 0.493 e. The number of nitrogens with two attached hydrogens (primary N) is 1. The Labute approximate surface area is 211 Å². The molecule has 2 aliphatic heterocycles. The predicted octanol–water partition coefficient (Wildman–Crippen LogP) is 3.56. The number of nitrogens with zero attached hydrogens (tertiary/aromatic N) is 1. The Morgan fingerprint density at radius 1 is 1.43 bits per heavy atom. The second kappa shape index (κ2) is 9.56. The fourth-order valence-electron chi connectivity index (χ4n) is 3.38. The molecule has 6 heteroatoms. The fraction of sp³-hybridized carbons (Fsp3) is 0.708. The van der Waals surface area contributed by atoms with Crippen LogP contribution in [-0.2, 0) is 15.9 Å². The summed E-state index contributed by atoms with van der Waals surface area (Å²) in [7, 11) is -2.03. The van der Waals surface area contributed by atoms with Crippen molar-refractivity contribution in [3.05, 3.63) is 23.3 Å². The first-order chi connectivity index (χ1) is 22.7. The van der Waals surface area contributed by atoms with E-state index in [1.807, 2.05) is 0 Å². The third-order valence-corrected chi connectivity index (χ3v) is 4.78. The molecule has 0 aromatic heterocycles. The van der Waals surface area contributed by atoms with E-state index in [0.29, 0.717) is 11.8 Å². The highest BCUT2D eigenvalue weighted by atomic mass is 16.5. The first kappa shape index (κ1) is 7.66. The quantitative estimate of drug-likeness (QED) is 0.654. The van der Waals surface area contributed by atoms with E-state index in [1.165, 1.54) is 0 Å². The number of aryl methyl sites for hydroxylation is 1. The molecule has 1 fully saturated rings. The summed E-state index contributed by atoms with van der Waals surface area (Å²) in [6, 6.07) is -3.90. The Kier molecular flexibility index (Phi) is 2.44. The number of ether oxygens (including phenoxy) is 3. The summed E-state index contributed by atoms with van der Waals surface area (Å²) in [6.45, 7) is -15.3. The van der Waals surface area contributed by atoms with Crippen LogP contribution in [0.25, 0.3) is 0 Å². The zero-order valence-corrected chi connectivity index (χ0v) is 16.4. The minimum absolute atomic E-state index is 0.254. The van der Waals surface area contributed by atoms with Crippen LogP contribution in [0.15, 0.2) is 12.1 Å². The van der Waals surface area contributed by atoms with E-state index in [9.17, 15) is 6.17 Å². The SMILES string of the molecule is [2H]C([2H])([2H])Oc1cc2c(cc1OC)C1CC([2H])(OC(=O)[C@@]([2H])(N)C([2H])(C([2H])([2H])[2H])C([2H])([2H])[2H])C(C([2H])([2H])C([2H])(C)C([2H])([2H])[2H])CN1C([2H])([2H])C2([2H])[2H]. The van der Waals surface area contributed by atoms with Crippen molar-refractivity contribution in [2.24, 2.45) is 23.4 Å². The highest BCUT2D eigenvalue weighted by molar-refractivity contribution is 5.76. The molecule has 0 saturated carbocycles. The molecule has 168 valence electrons. The maximum absolute atomic E-state index is 13.7. The van der Waals surface area contributed by atoms with Gasteiger partial charge in [0.2, 0.25) is 0 Å². The first-order valence-corrected chi connectivity index (χ1v) is 8.91. The van der Waals surface area contributed by atoms with Crippen LogP contribution in [0, 0.1) is 17.7 Å². The number of hydrogen-bond acceptors (Lipinski definition) is 6. The van der Waals surface area contributed by atoms with Gasteiger partial charge in [0.25, 0.3) is 0 Å². The van der Waals surface area contributed by atoms with E-state index in [4.69, 9.17) is 48.7 Å². The van der Waals surface area contributed by atoms with E-state index >= 15 is 0 Å². The molecule has 6 nitrogen and oxygen atoms in total. The molecule has 5 atom stereocenters. The molecule has 30 heavy (non-hydrogen) atoms. The van der Waals surface area contributed by atoms with Gasteiger partial charge in [0, 0.05) is 54.7 Å². The molecule has 1 saturated heterocycles. The Balaban J connectivity index is 2.39. The van der Waals surface area contributed by atoms with Gasteiger partial charge in [-0.15, -0.1) is 0 Å². The number of esters is 1. The molecule has 1 aromatic rings. The first-order valence-electron chi connectivity index (χ1n) is 19.9. The van der Waals surface area contributed by atoms with Gasteiger partial charge in [-0.05, 0) is 47.8 Å². The second-order valence-corrected chi connectivity index (χ2v) is 6.77. The van der Waals surface area contributed by atoms with Crippen molar-refractivity contribution < 1.29 is 49.2 Å². The van der Waals surface area contributed by atoms with Crippen LogP contribution in [0.4, 0.5) is 0 Å². The number of rotatable bonds is 7. The van der Waals surface area contributed by atoms with Crippen molar-refractivity contribution in [1.29, 1.82) is 0 Å². The zero-order chi connectivity index (χ0) is 41.1. The topological polar surface area (TPSA) is 74.0 Å². The van der Waals surface area contributed by atoms with Crippen molar-refractivity contribution in [1.82, 2.24) is 4.90 Å². The van der Waals surface area contributed by atoms with Gasteiger partial charge in [-0.1, -0.05) is 27.5 Å². The Morgan fingerprint density at radius 2 is 2.23 bits per heavy atom. The lowest BCUT2D eigenvalue weighted by Gasteiger charge is -2.47. The lowest BCUT2D eigenvalue weighted by Crippen LogP contribution is -2.51. The van der Waals surface area contributed by atoms with Crippen LogP contribution >= 0.6 is 0 Å². The molecule has 0 amide bonds. The lowest BCUT2D eigenvalue weighted by molar-refractivity contribution is -0.160. The van der Waals surface area contributed by atoms with E-state index in [2.05, 4.69) is 0 Å². The molecule has 0 aliphatic carbocycles. The smallest absolute Gasteiger partial charge is 0.323 e. The Bertz CT molecular complexity index is 1530. The summed E-state index contributed by atoms with van der Waals surface area (Å²) in [5.74, 6) is -13.1. The average molecular weight is 441 g/mol. The van der Waals surface area contributed by atoms with Crippen LogP contribution in [0.2, 0.25) is 0 Å². The lowest BCUT2D eigenvalue weighted by atomic mass is 9.79. The van der Waals surface area contributed by atoms with Gasteiger partial charge in [0.15, 0.2) is 11.5 Å². The normalized spacial score (nSPS) is 47.0. The van der Waals surface area contributed by atoms with E-state index in [0.717, 1.165) is 19.2 Å². The number of benzene rings is 1. The Morgan fingerprint density at radius 3 is 2.93 bits per heavy atom. The number of hydrogen-bond donors (Lipinski definition) is 1. The molecule has 3 rings (SSSR count). The highest BCUT2D eigenvalue weighted by Gasteiger charge is 2.41. The van der Waals surface area contributed by atoms with Gasteiger partial charge in [-0.25, -0.2) is 0 Å². The van der Waals surface area contributed by atoms with Crippen molar-refractivity contribution in [3.63, 3.8) is 0 Å². The Hall–Kier alpha value is -1.79. The van der Waals surface area contributed by atoms with Crippen molar-refractivity contribution in [2.75, 3.05) is 27.2 Å².